The Morgan fingerprint density at radius 1 is 1.00 bits per heavy atom. The van der Waals surface area contributed by atoms with E-state index in [0.29, 0.717) is 11.6 Å². The summed E-state index contributed by atoms with van der Waals surface area (Å²) in [6.45, 7) is 11.0. The van der Waals surface area contributed by atoms with Gasteiger partial charge in [0.05, 0.1) is 18.0 Å². The zero-order chi connectivity index (χ0) is 34.7. The van der Waals surface area contributed by atoms with Crippen LogP contribution in [0.2, 0.25) is 0 Å². The number of aromatic nitrogens is 1. The van der Waals surface area contributed by atoms with Crippen molar-refractivity contribution in [1.29, 1.82) is 0 Å². The number of nitrogens with zero attached hydrogens (tertiary/aromatic N) is 2. The first-order valence-corrected chi connectivity index (χ1v) is 15.1. The molecule has 0 bridgehead atoms. The number of hydrogen-bond acceptors (Lipinski definition) is 4. The van der Waals surface area contributed by atoms with Crippen molar-refractivity contribution in [3.05, 3.63) is 92.1 Å². The molecule has 0 spiro atoms. The third kappa shape index (κ3) is 9.05. The zero-order valence-electron chi connectivity index (χ0n) is 27.6. The van der Waals surface area contributed by atoms with Gasteiger partial charge in [-0.05, 0) is 98.6 Å². The minimum absolute atomic E-state index is 0.0287. The van der Waals surface area contributed by atoms with Crippen LogP contribution in [0.15, 0.2) is 47.4 Å². The summed E-state index contributed by atoms with van der Waals surface area (Å²) < 4.78 is 58.6. The Morgan fingerprint density at radius 3 is 2.13 bits per heavy atom. The maximum Gasteiger partial charge on any atom is 0.416 e. The lowest BCUT2D eigenvalue weighted by Gasteiger charge is -2.30. The molecule has 2 N–H and O–H groups in total. The molecule has 0 fully saturated rings. The lowest BCUT2D eigenvalue weighted by molar-refractivity contribution is -0.139. The Labute approximate surface area is 267 Å². The second kappa shape index (κ2) is 14.2. The van der Waals surface area contributed by atoms with Crippen LogP contribution in [0.3, 0.4) is 0 Å². The van der Waals surface area contributed by atoms with Crippen molar-refractivity contribution < 1.29 is 32.3 Å². The second-order valence-electron chi connectivity index (χ2n) is 13.4. The molecule has 0 saturated heterocycles. The van der Waals surface area contributed by atoms with E-state index in [-0.39, 0.29) is 36.1 Å². The SMILES string of the molecule is Cc1cc(-c2c(C)cccc2C)cc(C(CC(=O)O)NC(=O)C(CC(C)(C)C)n2cc(CCN(C)C)c(C(F)(F)F)cc2=O)c1F. The fourth-order valence-electron chi connectivity index (χ4n) is 5.69. The Balaban J connectivity index is 2.17. The van der Waals surface area contributed by atoms with Crippen LogP contribution in [0.5, 0.6) is 0 Å². The van der Waals surface area contributed by atoms with Gasteiger partial charge in [-0.25, -0.2) is 4.39 Å². The molecule has 0 saturated carbocycles. The molecule has 0 aliphatic rings. The maximum atomic E-state index is 15.8. The van der Waals surface area contributed by atoms with Crippen molar-refractivity contribution in [1.82, 2.24) is 14.8 Å². The summed E-state index contributed by atoms with van der Waals surface area (Å²) in [5.41, 5.74) is 0.696. The number of carbonyl (C=O) groups is 2. The fraction of sp³-hybridized carbons (Fsp3) is 0.457. The van der Waals surface area contributed by atoms with E-state index in [1.54, 1.807) is 52.8 Å². The van der Waals surface area contributed by atoms with Gasteiger partial charge in [0, 0.05) is 24.4 Å². The highest BCUT2D eigenvalue weighted by atomic mass is 19.4. The molecule has 7 nitrogen and oxygen atoms in total. The van der Waals surface area contributed by atoms with Gasteiger partial charge in [-0.1, -0.05) is 39.0 Å². The van der Waals surface area contributed by atoms with Crippen LogP contribution >= 0.6 is 0 Å². The van der Waals surface area contributed by atoms with E-state index in [1.807, 2.05) is 32.0 Å². The number of benzene rings is 2. The number of aryl methyl sites for hydroxylation is 3. The Morgan fingerprint density at radius 2 is 1.61 bits per heavy atom. The van der Waals surface area contributed by atoms with Crippen molar-refractivity contribution in [2.75, 3.05) is 20.6 Å². The van der Waals surface area contributed by atoms with Gasteiger partial charge in [-0.3, -0.25) is 14.4 Å². The van der Waals surface area contributed by atoms with Crippen LogP contribution in [0, 0.1) is 32.0 Å². The molecule has 1 heterocycles. The number of nitrogens with one attached hydrogen (secondary N) is 1. The van der Waals surface area contributed by atoms with E-state index in [1.165, 1.54) is 6.07 Å². The number of carbonyl (C=O) groups excluding carboxylic acids is 1. The fourth-order valence-corrected chi connectivity index (χ4v) is 5.69. The summed E-state index contributed by atoms with van der Waals surface area (Å²) in [6, 6.07) is 6.74. The molecule has 2 unspecified atom stereocenters. The van der Waals surface area contributed by atoms with Crippen LogP contribution < -0.4 is 10.9 Å². The van der Waals surface area contributed by atoms with Gasteiger partial charge < -0.3 is 19.9 Å². The molecule has 11 heteroatoms. The average molecular weight is 646 g/mol. The third-order valence-electron chi connectivity index (χ3n) is 7.86. The number of aliphatic carboxylic acids is 1. The van der Waals surface area contributed by atoms with Crippen LogP contribution in [-0.4, -0.2) is 47.1 Å². The number of halogens is 4. The van der Waals surface area contributed by atoms with Crippen LogP contribution in [0.25, 0.3) is 11.1 Å². The summed E-state index contributed by atoms with van der Waals surface area (Å²) >= 11 is 0. The molecule has 0 radical (unpaired) electrons. The Bertz CT molecular complexity index is 1630. The number of amides is 1. The number of carboxylic acids is 1. The highest BCUT2D eigenvalue weighted by molar-refractivity contribution is 5.82. The number of hydrogen-bond donors (Lipinski definition) is 2. The molecule has 1 amide bonds. The molecule has 46 heavy (non-hydrogen) atoms. The second-order valence-corrected chi connectivity index (χ2v) is 13.4. The van der Waals surface area contributed by atoms with Crippen molar-refractivity contribution in [2.45, 2.75) is 79.1 Å². The molecule has 2 aromatic carbocycles. The lowest BCUT2D eigenvalue weighted by Crippen LogP contribution is -2.41. The van der Waals surface area contributed by atoms with Crippen LogP contribution in [0.4, 0.5) is 17.6 Å². The van der Waals surface area contributed by atoms with Gasteiger partial charge in [0.15, 0.2) is 0 Å². The van der Waals surface area contributed by atoms with Crippen molar-refractivity contribution in [3.8, 4) is 11.1 Å². The Kier molecular flexibility index (Phi) is 11.3. The smallest absolute Gasteiger partial charge is 0.416 e. The van der Waals surface area contributed by atoms with Crippen molar-refractivity contribution in [3.63, 3.8) is 0 Å². The largest absolute Gasteiger partial charge is 0.481 e. The van der Waals surface area contributed by atoms with Gasteiger partial charge in [0.1, 0.15) is 11.9 Å². The van der Waals surface area contributed by atoms with E-state index in [2.05, 4.69) is 5.32 Å². The molecular weight excluding hydrogens is 602 g/mol. The van der Waals surface area contributed by atoms with E-state index in [0.717, 1.165) is 27.5 Å². The summed E-state index contributed by atoms with van der Waals surface area (Å²) in [4.78, 5) is 41.0. The van der Waals surface area contributed by atoms with Crippen molar-refractivity contribution >= 4 is 11.9 Å². The number of carboxylic acid groups (broad SMARTS) is 1. The molecule has 250 valence electrons. The maximum absolute atomic E-state index is 15.8. The first-order chi connectivity index (χ1) is 21.2. The van der Waals surface area contributed by atoms with Gasteiger partial charge >= 0.3 is 12.1 Å². The van der Waals surface area contributed by atoms with Gasteiger partial charge in [0.2, 0.25) is 5.91 Å². The number of rotatable bonds is 11. The summed E-state index contributed by atoms with van der Waals surface area (Å²) in [6.07, 6.45) is -4.39. The predicted octanol–water partition coefficient (Wildman–Crippen LogP) is 7.01. The molecule has 3 aromatic rings. The minimum Gasteiger partial charge on any atom is -0.481 e. The quantitative estimate of drug-likeness (QED) is 0.219. The van der Waals surface area contributed by atoms with Crippen LogP contribution in [-0.2, 0) is 22.2 Å². The van der Waals surface area contributed by atoms with Crippen molar-refractivity contribution in [2.24, 2.45) is 5.41 Å². The van der Waals surface area contributed by atoms with E-state index in [4.69, 9.17) is 0 Å². The first kappa shape index (κ1) is 36.5. The summed E-state index contributed by atoms with van der Waals surface area (Å²) in [7, 11) is 3.41. The molecule has 1 aromatic heterocycles. The molecule has 2 atom stereocenters. The average Bonchev–Trinajstić information content (AvgIpc) is 2.91. The van der Waals surface area contributed by atoms with Gasteiger partial charge in [-0.15, -0.1) is 0 Å². The standard InChI is InChI=1S/C35H43F4N3O4/c1-20-10-9-11-21(2)31(20)24-14-22(3)32(36)25(15-24)27(17-30(44)45)40-33(46)28(18-34(4,5)6)42-19-23(12-13-41(7)8)26(16-29(42)43)35(37,38)39/h9-11,14-16,19,27-28H,12-13,17-18H2,1-8H3,(H,40,46)(H,44,45). The number of pyridine rings is 1. The monoisotopic (exact) mass is 645 g/mol. The predicted molar refractivity (Wildman–Crippen MR) is 170 cm³/mol. The number of alkyl halides is 3. The summed E-state index contributed by atoms with van der Waals surface area (Å²) in [5, 5.41) is 12.4. The van der Waals surface area contributed by atoms with E-state index >= 15 is 4.39 Å². The van der Waals surface area contributed by atoms with Gasteiger partial charge in [0.25, 0.3) is 5.56 Å². The van der Waals surface area contributed by atoms with E-state index in [9.17, 15) is 32.7 Å². The molecular formula is C35H43F4N3O4. The normalized spacial score (nSPS) is 13.5. The highest BCUT2D eigenvalue weighted by Gasteiger charge is 2.36. The van der Waals surface area contributed by atoms with Gasteiger partial charge in [-0.2, -0.15) is 13.2 Å². The summed E-state index contributed by atoms with van der Waals surface area (Å²) in [5.74, 6) is -2.80. The Hall–Kier alpha value is -3.99. The third-order valence-corrected chi connectivity index (χ3v) is 7.86. The first-order valence-electron chi connectivity index (χ1n) is 15.1. The lowest BCUT2D eigenvalue weighted by atomic mass is 9.87. The zero-order valence-corrected chi connectivity index (χ0v) is 27.6. The molecule has 0 aliphatic carbocycles. The molecule has 0 aliphatic heterocycles. The molecule has 3 rings (SSSR count). The van der Waals surface area contributed by atoms with Crippen LogP contribution in [0.1, 0.15) is 79.1 Å². The topological polar surface area (TPSA) is 91.6 Å². The highest BCUT2D eigenvalue weighted by Crippen LogP contribution is 2.35. The minimum atomic E-state index is -4.79. The number of likely N-dealkylation sites (N-methyl/N-ethyl adjacent to an activating group) is 1. The van der Waals surface area contributed by atoms with E-state index < -0.39 is 58.9 Å².